The standard InChI is InChI=1S/C30H22N4O4/c35-30(27-18-29(23-8-2-1-3-9-23)32-28-12-5-4-11-26(27)28)33-31-19-22-7-6-10-25(17-22)38-20-21-13-15-24(16-14-21)34(36)37/h1-19H,20H2,(H,33,35)/b31-19-. The molecule has 0 atom stereocenters. The number of hydrazone groups is 1. The highest BCUT2D eigenvalue weighted by molar-refractivity contribution is 6.07. The van der Waals surface area contributed by atoms with Crippen molar-refractivity contribution < 1.29 is 14.5 Å². The summed E-state index contributed by atoms with van der Waals surface area (Å²) in [7, 11) is 0. The summed E-state index contributed by atoms with van der Waals surface area (Å²) >= 11 is 0. The van der Waals surface area contributed by atoms with Gasteiger partial charge in [0.05, 0.1) is 27.9 Å². The third-order valence-corrected chi connectivity index (χ3v) is 5.82. The molecule has 0 fully saturated rings. The summed E-state index contributed by atoms with van der Waals surface area (Å²) < 4.78 is 5.81. The van der Waals surface area contributed by atoms with E-state index in [1.54, 1.807) is 30.3 Å². The molecule has 0 aliphatic carbocycles. The van der Waals surface area contributed by atoms with E-state index in [-0.39, 0.29) is 18.2 Å². The highest BCUT2D eigenvalue weighted by atomic mass is 16.6. The van der Waals surface area contributed by atoms with Crippen molar-refractivity contribution in [2.24, 2.45) is 5.10 Å². The van der Waals surface area contributed by atoms with Gasteiger partial charge >= 0.3 is 0 Å². The molecule has 4 aromatic carbocycles. The maximum atomic E-state index is 13.1. The second-order valence-corrected chi connectivity index (χ2v) is 8.42. The molecule has 5 aromatic rings. The Morgan fingerprint density at radius 3 is 2.47 bits per heavy atom. The summed E-state index contributed by atoms with van der Waals surface area (Å²) in [5.41, 5.74) is 7.01. The van der Waals surface area contributed by atoms with Gasteiger partial charge in [0.15, 0.2) is 0 Å². The van der Waals surface area contributed by atoms with Gasteiger partial charge in [-0.05, 0) is 47.5 Å². The Labute approximate surface area is 218 Å². The molecule has 0 aliphatic heterocycles. The Kier molecular flexibility index (Phi) is 7.13. The van der Waals surface area contributed by atoms with E-state index in [2.05, 4.69) is 10.5 Å². The fourth-order valence-corrected chi connectivity index (χ4v) is 3.91. The molecular formula is C30H22N4O4. The number of fused-ring (bicyclic) bond motifs is 1. The number of aromatic nitrogens is 1. The summed E-state index contributed by atoms with van der Waals surface area (Å²) in [4.78, 5) is 28.2. The number of nitro benzene ring substituents is 1. The smallest absolute Gasteiger partial charge is 0.272 e. The van der Waals surface area contributed by atoms with Crippen molar-refractivity contribution in [2.75, 3.05) is 0 Å². The number of para-hydroxylation sites is 1. The molecule has 0 bridgehead atoms. The van der Waals surface area contributed by atoms with Gasteiger partial charge in [-0.15, -0.1) is 0 Å². The Morgan fingerprint density at radius 1 is 0.921 bits per heavy atom. The normalized spacial score (nSPS) is 10.9. The van der Waals surface area contributed by atoms with E-state index in [1.807, 2.05) is 66.7 Å². The molecule has 186 valence electrons. The fourth-order valence-electron chi connectivity index (χ4n) is 3.91. The number of nitrogens with zero attached hydrogens (tertiary/aromatic N) is 3. The lowest BCUT2D eigenvalue weighted by Crippen LogP contribution is -2.18. The number of nitro groups is 1. The van der Waals surface area contributed by atoms with Crippen molar-refractivity contribution in [3.8, 4) is 17.0 Å². The number of carbonyl (C=O) groups excluding carboxylic acids is 1. The van der Waals surface area contributed by atoms with Crippen LogP contribution in [0.5, 0.6) is 5.75 Å². The minimum atomic E-state index is -0.439. The molecule has 5 rings (SSSR count). The highest BCUT2D eigenvalue weighted by Gasteiger charge is 2.13. The first-order valence-electron chi connectivity index (χ1n) is 11.8. The van der Waals surface area contributed by atoms with E-state index < -0.39 is 4.92 Å². The molecule has 0 aliphatic rings. The topological polar surface area (TPSA) is 107 Å². The summed E-state index contributed by atoms with van der Waals surface area (Å²) in [5, 5.41) is 15.7. The molecule has 1 amide bonds. The molecule has 0 unspecified atom stereocenters. The first-order valence-corrected chi connectivity index (χ1v) is 11.8. The molecule has 38 heavy (non-hydrogen) atoms. The van der Waals surface area contributed by atoms with E-state index in [1.165, 1.54) is 18.3 Å². The van der Waals surface area contributed by atoms with Gasteiger partial charge in [0.1, 0.15) is 12.4 Å². The van der Waals surface area contributed by atoms with E-state index in [9.17, 15) is 14.9 Å². The monoisotopic (exact) mass is 502 g/mol. The molecule has 0 saturated carbocycles. The van der Waals surface area contributed by atoms with Crippen LogP contribution in [0.2, 0.25) is 0 Å². The van der Waals surface area contributed by atoms with Crippen LogP contribution in [0.15, 0.2) is 114 Å². The minimum absolute atomic E-state index is 0.0325. The Bertz CT molecular complexity index is 1630. The quantitative estimate of drug-likeness (QED) is 0.156. The number of hydrogen-bond acceptors (Lipinski definition) is 6. The van der Waals surface area contributed by atoms with Crippen LogP contribution in [0.3, 0.4) is 0 Å². The van der Waals surface area contributed by atoms with E-state index in [0.29, 0.717) is 17.0 Å². The lowest BCUT2D eigenvalue weighted by atomic mass is 10.0. The second-order valence-electron chi connectivity index (χ2n) is 8.42. The predicted octanol–water partition coefficient (Wildman–Crippen LogP) is 6.15. The first-order chi connectivity index (χ1) is 18.6. The number of nitrogens with one attached hydrogen (secondary N) is 1. The van der Waals surface area contributed by atoms with E-state index in [0.717, 1.165) is 27.6 Å². The van der Waals surface area contributed by atoms with Gasteiger partial charge in [-0.25, -0.2) is 10.4 Å². The van der Waals surface area contributed by atoms with E-state index >= 15 is 0 Å². The van der Waals surface area contributed by atoms with Gasteiger partial charge in [-0.2, -0.15) is 5.10 Å². The summed E-state index contributed by atoms with van der Waals surface area (Å²) in [5.74, 6) is 0.258. The SMILES string of the molecule is O=C(N/N=C\c1cccc(OCc2ccc([N+](=O)[O-])cc2)c1)c1cc(-c2ccccc2)nc2ccccc12. The maximum absolute atomic E-state index is 13.1. The van der Waals surface area contributed by atoms with Gasteiger partial charge in [-0.1, -0.05) is 60.7 Å². The zero-order valence-corrected chi connectivity index (χ0v) is 20.2. The van der Waals surface area contributed by atoms with Crippen molar-refractivity contribution in [1.82, 2.24) is 10.4 Å². The largest absolute Gasteiger partial charge is 0.489 e. The molecule has 1 N–H and O–H groups in total. The van der Waals surface area contributed by atoms with E-state index in [4.69, 9.17) is 9.72 Å². The number of rotatable bonds is 8. The second kappa shape index (κ2) is 11.1. The summed E-state index contributed by atoms with van der Waals surface area (Å²) in [6.45, 7) is 0.258. The number of ether oxygens (including phenoxy) is 1. The lowest BCUT2D eigenvalue weighted by molar-refractivity contribution is -0.384. The molecule has 0 saturated heterocycles. The Hall–Kier alpha value is -5.37. The molecule has 1 aromatic heterocycles. The van der Waals surface area contributed by atoms with Crippen molar-refractivity contribution in [1.29, 1.82) is 0 Å². The molecule has 1 heterocycles. The van der Waals surface area contributed by atoms with Crippen molar-refractivity contribution in [2.45, 2.75) is 6.61 Å². The fraction of sp³-hybridized carbons (Fsp3) is 0.0333. The zero-order chi connectivity index (χ0) is 26.3. The summed E-state index contributed by atoms with van der Waals surface area (Å²) in [6, 6.07) is 32.4. The molecule has 8 nitrogen and oxygen atoms in total. The van der Waals surface area contributed by atoms with Crippen LogP contribution >= 0.6 is 0 Å². The number of non-ortho nitro benzene ring substituents is 1. The third kappa shape index (κ3) is 5.71. The van der Waals surface area contributed by atoms with Gasteiger partial charge in [0.25, 0.3) is 11.6 Å². The maximum Gasteiger partial charge on any atom is 0.272 e. The van der Waals surface area contributed by atoms with Crippen molar-refractivity contribution >= 4 is 28.7 Å². The average Bonchev–Trinajstić information content (AvgIpc) is 2.96. The summed E-state index contributed by atoms with van der Waals surface area (Å²) in [6.07, 6.45) is 1.54. The predicted molar refractivity (Wildman–Crippen MR) is 146 cm³/mol. The third-order valence-electron chi connectivity index (χ3n) is 5.82. The van der Waals surface area contributed by atoms with Crippen LogP contribution in [-0.2, 0) is 6.61 Å². The highest BCUT2D eigenvalue weighted by Crippen LogP contribution is 2.25. The molecule has 0 spiro atoms. The van der Waals surface area contributed by atoms with Crippen LogP contribution in [-0.4, -0.2) is 22.0 Å². The van der Waals surface area contributed by atoms with Crippen LogP contribution in [0.1, 0.15) is 21.5 Å². The van der Waals surface area contributed by atoms with Gasteiger partial charge in [-0.3, -0.25) is 14.9 Å². The average molecular weight is 503 g/mol. The van der Waals surface area contributed by atoms with Crippen LogP contribution < -0.4 is 10.2 Å². The molecule has 0 radical (unpaired) electrons. The number of hydrogen-bond donors (Lipinski definition) is 1. The minimum Gasteiger partial charge on any atom is -0.489 e. The molecular weight excluding hydrogens is 480 g/mol. The van der Waals surface area contributed by atoms with Gasteiger partial charge < -0.3 is 4.74 Å². The van der Waals surface area contributed by atoms with Gasteiger partial charge in [0.2, 0.25) is 0 Å². The lowest BCUT2D eigenvalue weighted by Gasteiger charge is -2.09. The molecule has 8 heteroatoms. The number of pyridine rings is 1. The van der Waals surface area contributed by atoms with Gasteiger partial charge in [0, 0.05) is 23.1 Å². The Morgan fingerprint density at radius 2 is 1.68 bits per heavy atom. The van der Waals surface area contributed by atoms with Crippen LogP contribution in [0, 0.1) is 10.1 Å². The number of benzene rings is 4. The van der Waals surface area contributed by atoms with Crippen LogP contribution in [0.4, 0.5) is 5.69 Å². The number of amides is 1. The Balaban J connectivity index is 1.28. The zero-order valence-electron chi connectivity index (χ0n) is 20.2. The van der Waals surface area contributed by atoms with Crippen molar-refractivity contribution in [3.63, 3.8) is 0 Å². The van der Waals surface area contributed by atoms with Crippen LogP contribution in [0.25, 0.3) is 22.2 Å². The van der Waals surface area contributed by atoms with Crippen molar-refractivity contribution in [3.05, 3.63) is 136 Å². The first kappa shape index (κ1) is 24.3. The number of carbonyl (C=O) groups is 1.